The fourth-order valence-corrected chi connectivity index (χ4v) is 3.11. The van der Waals surface area contributed by atoms with E-state index in [-0.39, 0.29) is 5.91 Å². The molecule has 5 heteroatoms. The number of carbonyl (C=O) groups is 1. The van der Waals surface area contributed by atoms with Crippen LogP contribution in [0.4, 0.5) is 11.5 Å². The predicted octanol–water partition coefficient (Wildman–Crippen LogP) is 3.02. The summed E-state index contributed by atoms with van der Waals surface area (Å²) in [6.45, 7) is 2.71. The number of nitrogens with two attached hydrogens (primary N) is 1. The molecule has 1 aromatic heterocycles. The Bertz CT molecular complexity index is 674. The molecule has 1 fully saturated rings. The van der Waals surface area contributed by atoms with Gasteiger partial charge in [0.15, 0.2) is 0 Å². The average Bonchev–Trinajstić information content (AvgIpc) is 2.93. The fraction of sp³-hybridized carbons (Fsp3) is 0.400. The summed E-state index contributed by atoms with van der Waals surface area (Å²) in [6, 6.07) is 11.6. The lowest BCUT2D eigenvalue weighted by Crippen LogP contribution is -2.27. The molecule has 1 saturated heterocycles. The van der Waals surface area contributed by atoms with Crippen molar-refractivity contribution >= 4 is 17.4 Å². The highest BCUT2D eigenvalue weighted by atomic mass is 16.1. The zero-order chi connectivity index (χ0) is 17.5. The van der Waals surface area contributed by atoms with Crippen LogP contribution in [0.2, 0.25) is 0 Å². The molecule has 3 rings (SSSR count). The van der Waals surface area contributed by atoms with Gasteiger partial charge in [0.05, 0.1) is 5.56 Å². The molecule has 0 spiro atoms. The Morgan fingerprint density at radius 2 is 1.76 bits per heavy atom. The van der Waals surface area contributed by atoms with E-state index in [2.05, 4.69) is 15.2 Å². The number of nitrogen functional groups attached to an aromatic ring is 1. The van der Waals surface area contributed by atoms with Gasteiger partial charge in [-0.25, -0.2) is 4.98 Å². The smallest absolute Gasteiger partial charge is 0.252 e. The molecule has 1 amide bonds. The van der Waals surface area contributed by atoms with Crippen molar-refractivity contribution in [1.29, 1.82) is 0 Å². The zero-order valence-electron chi connectivity index (χ0n) is 14.6. The highest BCUT2D eigenvalue weighted by Gasteiger charge is 2.12. The van der Waals surface area contributed by atoms with Crippen molar-refractivity contribution < 1.29 is 4.79 Å². The van der Waals surface area contributed by atoms with E-state index in [9.17, 15) is 4.79 Å². The number of hydrogen-bond acceptors (Lipinski definition) is 4. The van der Waals surface area contributed by atoms with Crippen molar-refractivity contribution in [3.8, 4) is 0 Å². The maximum Gasteiger partial charge on any atom is 0.252 e. The summed E-state index contributed by atoms with van der Waals surface area (Å²) < 4.78 is 0. The first-order valence-electron chi connectivity index (χ1n) is 9.06. The van der Waals surface area contributed by atoms with Crippen molar-refractivity contribution in [2.75, 3.05) is 30.3 Å². The summed E-state index contributed by atoms with van der Waals surface area (Å²) in [6.07, 6.45) is 7.49. The van der Waals surface area contributed by atoms with E-state index in [1.165, 1.54) is 25.7 Å². The van der Waals surface area contributed by atoms with Crippen LogP contribution in [0.25, 0.3) is 0 Å². The number of rotatable bonds is 5. The number of benzene rings is 1. The largest absolute Gasteiger partial charge is 0.399 e. The summed E-state index contributed by atoms with van der Waals surface area (Å²) in [7, 11) is 0. The third-order valence-corrected chi connectivity index (χ3v) is 4.62. The number of nitrogens with one attached hydrogen (secondary N) is 1. The Hall–Kier alpha value is -2.56. The standard InChI is InChI=1S/C20H26N4O/c21-18-8-5-16(6-9-18)11-12-22-20(25)17-7-10-19(23-15-17)24-13-3-1-2-4-14-24/h5-10,15H,1-4,11-14,21H2,(H,22,25). The van der Waals surface area contributed by atoms with E-state index in [1.54, 1.807) is 6.20 Å². The molecule has 132 valence electrons. The molecule has 25 heavy (non-hydrogen) atoms. The minimum absolute atomic E-state index is 0.0784. The van der Waals surface area contributed by atoms with E-state index in [4.69, 9.17) is 5.73 Å². The van der Waals surface area contributed by atoms with Gasteiger partial charge < -0.3 is 16.0 Å². The molecular formula is C20H26N4O. The summed E-state index contributed by atoms with van der Waals surface area (Å²) in [4.78, 5) is 19.1. The van der Waals surface area contributed by atoms with Crippen molar-refractivity contribution in [3.05, 3.63) is 53.7 Å². The second-order valence-electron chi connectivity index (χ2n) is 6.55. The first-order chi connectivity index (χ1) is 12.2. The molecule has 0 radical (unpaired) electrons. The molecule has 0 aliphatic carbocycles. The number of anilines is 2. The van der Waals surface area contributed by atoms with Crippen molar-refractivity contribution in [1.82, 2.24) is 10.3 Å². The molecular weight excluding hydrogens is 312 g/mol. The monoisotopic (exact) mass is 338 g/mol. The second kappa shape index (κ2) is 8.51. The Labute approximate surface area is 149 Å². The van der Waals surface area contributed by atoms with Crippen molar-refractivity contribution in [2.45, 2.75) is 32.1 Å². The van der Waals surface area contributed by atoms with Crippen LogP contribution in [0.5, 0.6) is 0 Å². The number of aromatic nitrogens is 1. The van der Waals surface area contributed by atoms with Crippen LogP contribution >= 0.6 is 0 Å². The SMILES string of the molecule is Nc1ccc(CCNC(=O)c2ccc(N3CCCCCC3)nc2)cc1. The minimum atomic E-state index is -0.0784. The first-order valence-corrected chi connectivity index (χ1v) is 9.06. The lowest BCUT2D eigenvalue weighted by Gasteiger charge is -2.21. The van der Waals surface area contributed by atoms with Crippen molar-refractivity contribution in [2.24, 2.45) is 0 Å². The third kappa shape index (κ3) is 4.95. The number of pyridine rings is 1. The van der Waals surface area contributed by atoms with E-state index in [0.717, 1.165) is 36.6 Å². The van der Waals surface area contributed by atoms with Gasteiger partial charge in [-0.15, -0.1) is 0 Å². The molecule has 1 aliphatic heterocycles. The van der Waals surface area contributed by atoms with E-state index >= 15 is 0 Å². The molecule has 1 aromatic carbocycles. The van der Waals surface area contributed by atoms with Gasteiger partial charge in [0.1, 0.15) is 5.82 Å². The zero-order valence-corrected chi connectivity index (χ0v) is 14.6. The molecule has 0 unspecified atom stereocenters. The quantitative estimate of drug-likeness (QED) is 0.822. The fourth-order valence-electron chi connectivity index (χ4n) is 3.11. The van der Waals surface area contributed by atoms with Gasteiger partial charge in [-0.1, -0.05) is 25.0 Å². The van der Waals surface area contributed by atoms with Crippen LogP contribution in [-0.4, -0.2) is 30.5 Å². The molecule has 0 saturated carbocycles. The van der Waals surface area contributed by atoms with Crippen LogP contribution in [0.15, 0.2) is 42.6 Å². The van der Waals surface area contributed by atoms with Gasteiger partial charge in [0, 0.05) is 31.5 Å². The van der Waals surface area contributed by atoms with Crippen LogP contribution < -0.4 is 16.0 Å². The summed E-state index contributed by atoms with van der Waals surface area (Å²) >= 11 is 0. The lowest BCUT2D eigenvalue weighted by atomic mass is 10.1. The number of amides is 1. The van der Waals surface area contributed by atoms with E-state index < -0.39 is 0 Å². The van der Waals surface area contributed by atoms with Crippen LogP contribution in [0.1, 0.15) is 41.6 Å². The topological polar surface area (TPSA) is 71.2 Å². The molecule has 3 N–H and O–H groups in total. The van der Waals surface area contributed by atoms with E-state index in [0.29, 0.717) is 12.1 Å². The number of hydrogen-bond donors (Lipinski definition) is 2. The van der Waals surface area contributed by atoms with Gasteiger partial charge in [0.2, 0.25) is 0 Å². The molecule has 2 heterocycles. The lowest BCUT2D eigenvalue weighted by molar-refractivity contribution is 0.0954. The van der Waals surface area contributed by atoms with Gasteiger partial charge >= 0.3 is 0 Å². The van der Waals surface area contributed by atoms with Gasteiger partial charge in [-0.05, 0) is 49.1 Å². The summed E-state index contributed by atoms with van der Waals surface area (Å²) in [5.74, 6) is 0.894. The Balaban J connectivity index is 1.50. The third-order valence-electron chi connectivity index (χ3n) is 4.62. The van der Waals surface area contributed by atoms with Crippen LogP contribution in [0.3, 0.4) is 0 Å². The Morgan fingerprint density at radius 1 is 1.04 bits per heavy atom. The molecule has 5 nitrogen and oxygen atoms in total. The van der Waals surface area contributed by atoms with Gasteiger partial charge in [-0.2, -0.15) is 0 Å². The summed E-state index contributed by atoms with van der Waals surface area (Å²) in [5, 5.41) is 2.95. The van der Waals surface area contributed by atoms with Crippen LogP contribution in [-0.2, 0) is 6.42 Å². The second-order valence-corrected chi connectivity index (χ2v) is 6.55. The first kappa shape index (κ1) is 17.3. The van der Waals surface area contributed by atoms with Crippen LogP contribution in [0, 0.1) is 0 Å². The average molecular weight is 338 g/mol. The number of nitrogens with zero attached hydrogens (tertiary/aromatic N) is 2. The molecule has 2 aromatic rings. The molecule has 0 bridgehead atoms. The maximum absolute atomic E-state index is 12.2. The Kier molecular flexibility index (Phi) is 5.88. The Morgan fingerprint density at radius 3 is 2.40 bits per heavy atom. The normalized spacial score (nSPS) is 14.8. The van der Waals surface area contributed by atoms with Gasteiger partial charge in [0.25, 0.3) is 5.91 Å². The highest BCUT2D eigenvalue weighted by Crippen LogP contribution is 2.17. The molecule has 0 atom stereocenters. The predicted molar refractivity (Wildman–Crippen MR) is 102 cm³/mol. The summed E-state index contributed by atoms with van der Waals surface area (Å²) in [5.41, 5.74) is 8.19. The van der Waals surface area contributed by atoms with Crippen molar-refractivity contribution in [3.63, 3.8) is 0 Å². The highest BCUT2D eigenvalue weighted by molar-refractivity contribution is 5.94. The number of carbonyl (C=O) groups excluding carboxylic acids is 1. The molecule has 1 aliphatic rings. The van der Waals surface area contributed by atoms with Gasteiger partial charge in [-0.3, -0.25) is 4.79 Å². The maximum atomic E-state index is 12.2. The minimum Gasteiger partial charge on any atom is -0.399 e. The van der Waals surface area contributed by atoms with E-state index in [1.807, 2.05) is 36.4 Å².